The summed E-state index contributed by atoms with van der Waals surface area (Å²) in [6.45, 7) is 4.05. The molecule has 22 heavy (non-hydrogen) atoms. The number of benzene rings is 2. The van der Waals surface area contributed by atoms with Crippen LogP contribution in [0.5, 0.6) is 5.75 Å². The van der Waals surface area contributed by atoms with Crippen molar-refractivity contribution in [2.75, 3.05) is 12.4 Å². The molecule has 4 heteroatoms. The Labute approximate surface area is 130 Å². The summed E-state index contributed by atoms with van der Waals surface area (Å²) < 4.78 is 5.31. The highest BCUT2D eigenvalue weighted by atomic mass is 16.5. The number of aryl methyl sites for hydroxylation is 1. The number of ketones is 1. The zero-order chi connectivity index (χ0) is 16.1. The number of anilines is 1. The summed E-state index contributed by atoms with van der Waals surface area (Å²) in [7, 11) is 1.64. The third-order valence-electron chi connectivity index (χ3n) is 3.48. The second-order valence-electron chi connectivity index (χ2n) is 5.09. The predicted octanol–water partition coefficient (Wildman–Crippen LogP) is 3.69. The molecule has 0 heterocycles. The predicted molar refractivity (Wildman–Crippen MR) is 86.2 cm³/mol. The molecule has 0 spiro atoms. The van der Waals surface area contributed by atoms with Crippen molar-refractivity contribution in [2.45, 2.75) is 20.4 Å². The van der Waals surface area contributed by atoms with Gasteiger partial charge < -0.3 is 10.1 Å². The lowest BCUT2D eigenvalue weighted by Crippen LogP contribution is -2.05. The normalized spacial score (nSPS) is 9.91. The van der Waals surface area contributed by atoms with E-state index in [0.717, 1.165) is 16.9 Å². The SMILES string of the molecule is COc1cc(CNc2cc(C#N)ccc2C(C)=O)ccc1C. The van der Waals surface area contributed by atoms with E-state index in [2.05, 4.69) is 11.4 Å². The fourth-order valence-corrected chi connectivity index (χ4v) is 2.24. The van der Waals surface area contributed by atoms with Gasteiger partial charge in [0.05, 0.1) is 18.7 Å². The maximum Gasteiger partial charge on any atom is 0.161 e. The zero-order valence-corrected chi connectivity index (χ0v) is 12.9. The van der Waals surface area contributed by atoms with Gasteiger partial charge in [0, 0.05) is 17.8 Å². The molecule has 2 aromatic carbocycles. The second-order valence-corrected chi connectivity index (χ2v) is 5.09. The molecule has 0 saturated heterocycles. The summed E-state index contributed by atoms with van der Waals surface area (Å²) in [6.07, 6.45) is 0. The summed E-state index contributed by atoms with van der Waals surface area (Å²) in [5, 5.41) is 12.2. The first kappa shape index (κ1) is 15.6. The molecule has 0 saturated carbocycles. The standard InChI is InChI=1S/C18H18N2O2/c1-12-4-5-15(9-18(12)22-3)11-20-17-8-14(10-19)6-7-16(17)13(2)21/h4-9,20H,11H2,1-3H3. The van der Waals surface area contributed by atoms with Gasteiger partial charge in [-0.3, -0.25) is 4.79 Å². The van der Waals surface area contributed by atoms with E-state index in [9.17, 15) is 4.79 Å². The van der Waals surface area contributed by atoms with E-state index in [1.54, 1.807) is 25.3 Å². The van der Waals surface area contributed by atoms with E-state index < -0.39 is 0 Å². The van der Waals surface area contributed by atoms with Gasteiger partial charge in [-0.2, -0.15) is 5.26 Å². The number of nitrogens with one attached hydrogen (secondary N) is 1. The quantitative estimate of drug-likeness (QED) is 0.854. The topological polar surface area (TPSA) is 62.1 Å². The third-order valence-corrected chi connectivity index (χ3v) is 3.48. The number of carbonyl (C=O) groups is 1. The first-order valence-electron chi connectivity index (χ1n) is 6.97. The van der Waals surface area contributed by atoms with Gasteiger partial charge in [-0.05, 0) is 49.2 Å². The van der Waals surface area contributed by atoms with Crippen LogP contribution in [0.15, 0.2) is 36.4 Å². The molecule has 0 radical (unpaired) electrons. The van der Waals surface area contributed by atoms with Gasteiger partial charge in [-0.25, -0.2) is 0 Å². The average Bonchev–Trinajstić information content (AvgIpc) is 2.53. The van der Waals surface area contributed by atoms with E-state index in [1.165, 1.54) is 6.92 Å². The van der Waals surface area contributed by atoms with Crippen LogP contribution in [0.1, 0.15) is 34.0 Å². The van der Waals surface area contributed by atoms with Crippen LogP contribution >= 0.6 is 0 Å². The second kappa shape index (κ2) is 6.77. The van der Waals surface area contributed by atoms with Crippen molar-refractivity contribution in [2.24, 2.45) is 0 Å². The first-order chi connectivity index (χ1) is 10.5. The smallest absolute Gasteiger partial charge is 0.161 e. The molecule has 0 atom stereocenters. The molecule has 0 aliphatic heterocycles. The zero-order valence-electron chi connectivity index (χ0n) is 12.9. The molecule has 0 aliphatic rings. The van der Waals surface area contributed by atoms with Gasteiger partial charge in [0.2, 0.25) is 0 Å². The van der Waals surface area contributed by atoms with Crippen molar-refractivity contribution >= 4 is 11.5 Å². The Morgan fingerprint density at radius 1 is 1.27 bits per heavy atom. The number of Topliss-reactive ketones (excluding diaryl/α,β-unsaturated/α-hetero) is 1. The molecule has 0 aromatic heterocycles. The highest BCUT2D eigenvalue weighted by Crippen LogP contribution is 2.22. The largest absolute Gasteiger partial charge is 0.496 e. The van der Waals surface area contributed by atoms with Crippen LogP contribution in [0.2, 0.25) is 0 Å². The summed E-state index contributed by atoms with van der Waals surface area (Å²) in [4.78, 5) is 11.7. The van der Waals surface area contributed by atoms with Gasteiger partial charge in [0.1, 0.15) is 5.75 Å². The monoisotopic (exact) mass is 294 g/mol. The van der Waals surface area contributed by atoms with Crippen molar-refractivity contribution in [3.8, 4) is 11.8 Å². The Morgan fingerprint density at radius 3 is 2.68 bits per heavy atom. The number of rotatable bonds is 5. The highest BCUT2D eigenvalue weighted by Gasteiger charge is 2.08. The van der Waals surface area contributed by atoms with Crippen LogP contribution in [0, 0.1) is 18.3 Å². The number of hydrogen-bond donors (Lipinski definition) is 1. The third kappa shape index (κ3) is 3.44. The first-order valence-corrected chi connectivity index (χ1v) is 6.97. The lowest BCUT2D eigenvalue weighted by Gasteiger charge is -2.12. The van der Waals surface area contributed by atoms with Crippen LogP contribution < -0.4 is 10.1 Å². The van der Waals surface area contributed by atoms with Crippen LogP contribution in [0.25, 0.3) is 0 Å². The molecule has 2 aromatic rings. The fourth-order valence-electron chi connectivity index (χ4n) is 2.24. The molecule has 0 amide bonds. The maximum atomic E-state index is 11.7. The Morgan fingerprint density at radius 2 is 2.05 bits per heavy atom. The van der Waals surface area contributed by atoms with Crippen molar-refractivity contribution in [1.82, 2.24) is 0 Å². The lowest BCUT2D eigenvalue weighted by molar-refractivity contribution is 0.101. The Bertz CT molecular complexity index is 745. The molecule has 1 N–H and O–H groups in total. The fraction of sp³-hybridized carbons (Fsp3) is 0.222. The van der Waals surface area contributed by atoms with Crippen LogP contribution in [-0.2, 0) is 6.54 Å². The summed E-state index contributed by atoms with van der Waals surface area (Å²) in [6, 6.07) is 13.1. The molecular formula is C18H18N2O2. The number of hydrogen-bond acceptors (Lipinski definition) is 4. The minimum Gasteiger partial charge on any atom is -0.496 e. The maximum absolute atomic E-state index is 11.7. The molecule has 0 aliphatic carbocycles. The molecule has 0 bridgehead atoms. The van der Waals surface area contributed by atoms with Crippen molar-refractivity contribution in [3.05, 3.63) is 58.7 Å². The number of ether oxygens (including phenoxy) is 1. The average molecular weight is 294 g/mol. The molecule has 0 fully saturated rings. The number of nitriles is 1. The lowest BCUT2D eigenvalue weighted by atomic mass is 10.1. The van der Waals surface area contributed by atoms with Crippen LogP contribution in [-0.4, -0.2) is 12.9 Å². The minimum atomic E-state index is -0.0338. The van der Waals surface area contributed by atoms with E-state index in [1.807, 2.05) is 25.1 Å². The van der Waals surface area contributed by atoms with E-state index in [4.69, 9.17) is 10.00 Å². The van der Waals surface area contributed by atoms with Crippen molar-refractivity contribution in [1.29, 1.82) is 5.26 Å². The summed E-state index contributed by atoms with van der Waals surface area (Å²) in [5.41, 5.74) is 3.89. The summed E-state index contributed by atoms with van der Waals surface area (Å²) >= 11 is 0. The van der Waals surface area contributed by atoms with Crippen molar-refractivity contribution in [3.63, 3.8) is 0 Å². The van der Waals surface area contributed by atoms with Crippen molar-refractivity contribution < 1.29 is 9.53 Å². The van der Waals surface area contributed by atoms with Gasteiger partial charge in [0.15, 0.2) is 5.78 Å². The van der Waals surface area contributed by atoms with Gasteiger partial charge in [-0.1, -0.05) is 12.1 Å². The molecule has 0 unspecified atom stereocenters. The Kier molecular flexibility index (Phi) is 4.80. The van der Waals surface area contributed by atoms with Gasteiger partial charge in [-0.15, -0.1) is 0 Å². The molecular weight excluding hydrogens is 276 g/mol. The molecule has 2 rings (SSSR count). The number of nitrogens with zero attached hydrogens (tertiary/aromatic N) is 1. The molecule has 4 nitrogen and oxygen atoms in total. The van der Waals surface area contributed by atoms with E-state index in [0.29, 0.717) is 23.4 Å². The van der Waals surface area contributed by atoms with Gasteiger partial charge >= 0.3 is 0 Å². The Hall–Kier alpha value is -2.80. The molecule has 112 valence electrons. The van der Waals surface area contributed by atoms with Crippen LogP contribution in [0.3, 0.4) is 0 Å². The van der Waals surface area contributed by atoms with Crippen LogP contribution in [0.4, 0.5) is 5.69 Å². The highest BCUT2D eigenvalue weighted by molar-refractivity contribution is 5.99. The summed E-state index contributed by atoms with van der Waals surface area (Å²) in [5.74, 6) is 0.797. The van der Waals surface area contributed by atoms with E-state index >= 15 is 0 Å². The number of methoxy groups -OCH3 is 1. The Balaban J connectivity index is 2.24. The van der Waals surface area contributed by atoms with Gasteiger partial charge in [0.25, 0.3) is 0 Å². The van der Waals surface area contributed by atoms with E-state index in [-0.39, 0.29) is 5.78 Å². The number of carbonyl (C=O) groups excluding carboxylic acids is 1. The minimum absolute atomic E-state index is 0.0338.